The van der Waals surface area contributed by atoms with Crippen LogP contribution in [0.4, 0.5) is 0 Å². The van der Waals surface area contributed by atoms with Crippen molar-refractivity contribution < 1.29 is 19.1 Å². The maximum Gasteiger partial charge on any atom is 0.276 e. The number of hydrazine groups is 1. The van der Waals surface area contributed by atoms with Crippen LogP contribution in [0.2, 0.25) is 0 Å². The van der Waals surface area contributed by atoms with Gasteiger partial charge in [-0.25, -0.2) is 0 Å². The van der Waals surface area contributed by atoms with Crippen LogP contribution in [0.3, 0.4) is 0 Å². The predicted octanol–water partition coefficient (Wildman–Crippen LogP) is 4.40. The lowest BCUT2D eigenvalue weighted by Crippen LogP contribution is -2.43. The Morgan fingerprint density at radius 3 is 2.29 bits per heavy atom. The van der Waals surface area contributed by atoms with E-state index in [-0.39, 0.29) is 12.7 Å². The van der Waals surface area contributed by atoms with Crippen molar-refractivity contribution in [1.29, 1.82) is 0 Å². The van der Waals surface area contributed by atoms with E-state index in [0.717, 1.165) is 16.5 Å². The van der Waals surface area contributed by atoms with Crippen LogP contribution in [0.5, 0.6) is 11.5 Å². The number of nitrogens with one attached hydrogen (secondary N) is 2. The van der Waals surface area contributed by atoms with Gasteiger partial charge in [-0.2, -0.15) is 0 Å². The van der Waals surface area contributed by atoms with Gasteiger partial charge in [-0.15, -0.1) is 0 Å². The highest BCUT2D eigenvalue weighted by molar-refractivity contribution is 9.10. The van der Waals surface area contributed by atoms with E-state index in [9.17, 15) is 9.59 Å². The summed E-state index contributed by atoms with van der Waals surface area (Å²) in [7, 11) is 0. The molecule has 2 amide bonds. The Labute approximate surface area is 181 Å². The molecule has 0 heterocycles. The van der Waals surface area contributed by atoms with E-state index in [1.54, 1.807) is 24.3 Å². The Morgan fingerprint density at radius 2 is 1.68 bits per heavy atom. The van der Waals surface area contributed by atoms with Gasteiger partial charge in [-0.1, -0.05) is 13.0 Å². The summed E-state index contributed by atoms with van der Waals surface area (Å²) < 4.78 is 12.5. The number of hydrogen-bond donors (Lipinski definition) is 2. The number of carbonyl (C=O) groups excluding carboxylic acids is 2. The summed E-state index contributed by atoms with van der Waals surface area (Å²) in [6, 6.07) is 10.6. The van der Waals surface area contributed by atoms with E-state index >= 15 is 0 Å². The normalized spacial score (nSPS) is 10.5. The molecular weight excluding hydrogens is 492 g/mol. The molecule has 150 valence electrons. The van der Waals surface area contributed by atoms with Crippen LogP contribution in [0.15, 0.2) is 45.3 Å². The number of aryl methyl sites for hydroxylation is 1. The van der Waals surface area contributed by atoms with E-state index in [4.69, 9.17) is 9.47 Å². The highest BCUT2D eigenvalue weighted by Crippen LogP contribution is 2.27. The topological polar surface area (TPSA) is 76.7 Å². The quantitative estimate of drug-likeness (QED) is 0.538. The van der Waals surface area contributed by atoms with Crippen LogP contribution < -0.4 is 20.3 Å². The number of amides is 2. The minimum Gasteiger partial charge on any atom is -0.490 e. The van der Waals surface area contributed by atoms with Gasteiger partial charge in [-0.05, 0) is 88.0 Å². The van der Waals surface area contributed by atoms with Crippen molar-refractivity contribution >= 4 is 43.7 Å². The first-order chi connectivity index (χ1) is 13.3. The molecule has 8 heteroatoms. The summed E-state index contributed by atoms with van der Waals surface area (Å²) in [6.07, 6.45) is 0.931. The average Bonchev–Trinajstić information content (AvgIpc) is 2.66. The van der Waals surface area contributed by atoms with Crippen LogP contribution in [0.1, 0.15) is 36.7 Å². The van der Waals surface area contributed by atoms with E-state index < -0.39 is 11.8 Å². The smallest absolute Gasteiger partial charge is 0.276 e. The summed E-state index contributed by atoms with van der Waals surface area (Å²) in [5.41, 5.74) is 6.23. The third-order valence-corrected chi connectivity index (χ3v) is 4.87. The highest BCUT2D eigenvalue weighted by Gasteiger charge is 2.12. The van der Waals surface area contributed by atoms with Crippen LogP contribution in [0.25, 0.3) is 0 Å². The maximum atomic E-state index is 12.2. The third-order valence-electron chi connectivity index (χ3n) is 3.64. The Bertz CT molecular complexity index is 856. The van der Waals surface area contributed by atoms with Gasteiger partial charge in [0.05, 0.1) is 15.0 Å². The molecule has 0 fully saturated rings. The second-order valence-electron chi connectivity index (χ2n) is 6.22. The lowest BCUT2D eigenvalue weighted by atomic mass is 10.2. The zero-order valence-corrected chi connectivity index (χ0v) is 19.0. The molecule has 0 aromatic heterocycles. The van der Waals surface area contributed by atoms with Crippen LogP contribution in [-0.2, 0) is 11.2 Å². The molecule has 6 nitrogen and oxygen atoms in total. The Morgan fingerprint density at radius 1 is 1.00 bits per heavy atom. The standard InChI is InChI=1S/C20H22Br2N2O4/c1-4-13-5-7-17(15(21)9-13)27-11-19(25)23-24-20(26)14-6-8-18(16(22)10-14)28-12(2)3/h5-10,12H,4,11H2,1-3H3,(H,23,25)(H,24,26). The fraction of sp³-hybridized carbons (Fsp3) is 0.300. The molecule has 0 saturated heterocycles. The molecule has 0 saturated carbocycles. The van der Waals surface area contributed by atoms with E-state index in [0.29, 0.717) is 21.5 Å². The summed E-state index contributed by atoms with van der Waals surface area (Å²) in [6.45, 7) is 5.67. The van der Waals surface area contributed by atoms with Gasteiger partial charge in [0.15, 0.2) is 6.61 Å². The Balaban J connectivity index is 1.85. The zero-order valence-electron chi connectivity index (χ0n) is 15.8. The van der Waals surface area contributed by atoms with Crippen molar-refractivity contribution in [3.63, 3.8) is 0 Å². The monoisotopic (exact) mass is 512 g/mol. The fourth-order valence-corrected chi connectivity index (χ4v) is 3.26. The molecule has 0 aliphatic heterocycles. The Hall–Kier alpha value is -2.06. The largest absolute Gasteiger partial charge is 0.490 e. The van der Waals surface area contributed by atoms with Crippen LogP contribution in [0, 0.1) is 0 Å². The molecule has 2 rings (SSSR count). The minimum atomic E-state index is -0.473. The molecular formula is C20H22Br2N2O4. The molecule has 0 atom stereocenters. The van der Waals surface area contributed by atoms with Crippen LogP contribution in [-0.4, -0.2) is 24.5 Å². The van der Waals surface area contributed by atoms with E-state index in [1.165, 1.54) is 0 Å². The average molecular weight is 514 g/mol. The number of ether oxygens (including phenoxy) is 2. The first kappa shape index (κ1) is 22.2. The van der Waals surface area contributed by atoms with Crippen molar-refractivity contribution in [2.75, 3.05) is 6.61 Å². The summed E-state index contributed by atoms with van der Waals surface area (Å²) in [5, 5.41) is 0. The third kappa shape index (κ3) is 6.53. The van der Waals surface area contributed by atoms with Gasteiger partial charge in [0, 0.05) is 5.56 Å². The second-order valence-corrected chi connectivity index (χ2v) is 7.93. The number of rotatable bonds is 7. The summed E-state index contributed by atoms with van der Waals surface area (Å²) >= 11 is 6.79. The van der Waals surface area contributed by atoms with Gasteiger partial charge in [0.2, 0.25) is 0 Å². The molecule has 0 radical (unpaired) electrons. The molecule has 0 bridgehead atoms. The van der Waals surface area contributed by atoms with Crippen molar-refractivity contribution in [3.8, 4) is 11.5 Å². The molecule has 28 heavy (non-hydrogen) atoms. The molecule has 0 aliphatic rings. The molecule has 0 spiro atoms. The molecule has 2 N–H and O–H groups in total. The number of carbonyl (C=O) groups is 2. The molecule has 2 aromatic rings. The zero-order chi connectivity index (χ0) is 20.7. The van der Waals surface area contributed by atoms with Gasteiger partial charge >= 0.3 is 0 Å². The molecule has 0 unspecified atom stereocenters. The van der Waals surface area contributed by atoms with E-state index in [1.807, 2.05) is 26.0 Å². The van der Waals surface area contributed by atoms with Crippen molar-refractivity contribution in [2.45, 2.75) is 33.3 Å². The lowest BCUT2D eigenvalue weighted by molar-refractivity contribution is -0.123. The van der Waals surface area contributed by atoms with Gasteiger partial charge in [-0.3, -0.25) is 20.4 Å². The lowest BCUT2D eigenvalue weighted by Gasteiger charge is -2.13. The number of halogens is 2. The minimum absolute atomic E-state index is 0.0217. The predicted molar refractivity (Wildman–Crippen MR) is 115 cm³/mol. The molecule has 2 aromatic carbocycles. The van der Waals surface area contributed by atoms with E-state index in [2.05, 4.69) is 49.6 Å². The highest BCUT2D eigenvalue weighted by atomic mass is 79.9. The summed E-state index contributed by atoms with van der Waals surface area (Å²) in [4.78, 5) is 24.1. The number of hydrogen-bond acceptors (Lipinski definition) is 4. The van der Waals surface area contributed by atoms with Gasteiger partial charge < -0.3 is 9.47 Å². The van der Waals surface area contributed by atoms with Gasteiger partial charge in [0.1, 0.15) is 11.5 Å². The number of benzene rings is 2. The van der Waals surface area contributed by atoms with Crippen LogP contribution >= 0.6 is 31.9 Å². The Kier molecular flexibility index (Phi) is 8.32. The maximum absolute atomic E-state index is 12.2. The second kappa shape index (κ2) is 10.5. The summed E-state index contributed by atoms with van der Waals surface area (Å²) in [5.74, 6) is 0.282. The SMILES string of the molecule is CCc1ccc(OCC(=O)NNC(=O)c2ccc(OC(C)C)c(Br)c2)c(Br)c1. The first-order valence-corrected chi connectivity index (χ1v) is 10.3. The van der Waals surface area contributed by atoms with Crippen molar-refractivity contribution in [2.24, 2.45) is 0 Å². The van der Waals surface area contributed by atoms with Crippen molar-refractivity contribution in [3.05, 3.63) is 56.5 Å². The van der Waals surface area contributed by atoms with Gasteiger partial charge in [0.25, 0.3) is 11.8 Å². The first-order valence-electron chi connectivity index (χ1n) is 8.76. The molecule has 0 aliphatic carbocycles. The van der Waals surface area contributed by atoms with Crippen molar-refractivity contribution in [1.82, 2.24) is 10.9 Å². The fourth-order valence-electron chi connectivity index (χ4n) is 2.25.